The Kier molecular flexibility index (Phi) is 5.65. The zero-order chi connectivity index (χ0) is 18.9. The van der Waals surface area contributed by atoms with Gasteiger partial charge in [0.05, 0.1) is 6.26 Å². The van der Waals surface area contributed by atoms with E-state index in [9.17, 15) is 21.6 Å². The van der Waals surface area contributed by atoms with E-state index in [1.807, 2.05) is 12.1 Å². The molecule has 0 bridgehead atoms. The van der Waals surface area contributed by atoms with Gasteiger partial charge < -0.3 is 0 Å². The Bertz CT molecular complexity index is 724. The van der Waals surface area contributed by atoms with Crippen molar-refractivity contribution in [2.45, 2.75) is 50.4 Å². The summed E-state index contributed by atoms with van der Waals surface area (Å²) in [5, 5.41) is 0. The SMILES string of the molecule is CS(=O)(=O)N(CC(F)(F)F)C1CCN(Cc2ccccc2C2CC2)CC1. The van der Waals surface area contributed by atoms with E-state index >= 15 is 0 Å². The molecule has 2 aliphatic rings. The van der Waals surface area contributed by atoms with E-state index in [0.29, 0.717) is 36.2 Å². The van der Waals surface area contributed by atoms with Crippen molar-refractivity contribution in [2.75, 3.05) is 25.9 Å². The molecule has 0 amide bonds. The molecule has 0 N–H and O–H groups in total. The fourth-order valence-corrected chi connectivity index (χ4v) is 4.90. The topological polar surface area (TPSA) is 40.6 Å². The van der Waals surface area contributed by atoms with E-state index < -0.39 is 28.8 Å². The van der Waals surface area contributed by atoms with Gasteiger partial charge in [-0.3, -0.25) is 4.90 Å². The minimum absolute atomic E-state index is 0.425. The lowest BCUT2D eigenvalue weighted by Crippen LogP contribution is -2.50. The molecule has 1 saturated carbocycles. The first-order valence-electron chi connectivity index (χ1n) is 8.97. The van der Waals surface area contributed by atoms with Crippen LogP contribution in [0.5, 0.6) is 0 Å². The molecule has 0 aromatic heterocycles. The molecule has 0 radical (unpaired) electrons. The number of rotatable bonds is 6. The molecule has 0 unspecified atom stereocenters. The van der Waals surface area contributed by atoms with Crippen LogP contribution in [0.1, 0.15) is 42.7 Å². The highest BCUT2D eigenvalue weighted by Crippen LogP contribution is 2.42. The summed E-state index contributed by atoms with van der Waals surface area (Å²) in [4.78, 5) is 2.21. The lowest BCUT2D eigenvalue weighted by atomic mass is 10.0. The number of sulfonamides is 1. The predicted molar refractivity (Wildman–Crippen MR) is 94.3 cm³/mol. The minimum Gasteiger partial charge on any atom is -0.299 e. The fourth-order valence-electron chi connectivity index (χ4n) is 3.77. The maximum atomic E-state index is 12.8. The lowest BCUT2D eigenvalue weighted by Gasteiger charge is -2.37. The number of halogens is 3. The van der Waals surface area contributed by atoms with Crippen LogP contribution in [0.2, 0.25) is 0 Å². The van der Waals surface area contributed by atoms with Crippen LogP contribution in [-0.4, -0.2) is 55.7 Å². The molecule has 26 heavy (non-hydrogen) atoms. The van der Waals surface area contributed by atoms with Crippen LogP contribution in [0.4, 0.5) is 13.2 Å². The molecular weight excluding hydrogens is 365 g/mol. The van der Waals surface area contributed by atoms with Crippen LogP contribution in [0.3, 0.4) is 0 Å². The average molecular weight is 390 g/mol. The van der Waals surface area contributed by atoms with Gasteiger partial charge in [0.2, 0.25) is 10.0 Å². The van der Waals surface area contributed by atoms with Gasteiger partial charge in [-0.05, 0) is 42.7 Å². The van der Waals surface area contributed by atoms with Crippen molar-refractivity contribution in [3.63, 3.8) is 0 Å². The first kappa shape index (κ1) is 19.6. The first-order chi connectivity index (χ1) is 12.1. The van der Waals surface area contributed by atoms with Gasteiger partial charge in [0.15, 0.2) is 0 Å². The normalized spacial score (nSPS) is 20.7. The van der Waals surface area contributed by atoms with Crippen molar-refractivity contribution in [1.82, 2.24) is 9.21 Å². The van der Waals surface area contributed by atoms with Crippen molar-refractivity contribution in [2.24, 2.45) is 0 Å². The van der Waals surface area contributed by atoms with Crippen LogP contribution in [0.15, 0.2) is 24.3 Å². The Balaban J connectivity index is 1.61. The number of piperidine rings is 1. The molecule has 1 aromatic carbocycles. The Morgan fingerprint density at radius 3 is 2.27 bits per heavy atom. The molecule has 1 aromatic rings. The molecule has 1 saturated heterocycles. The molecule has 2 fully saturated rings. The summed E-state index contributed by atoms with van der Waals surface area (Å²) in [5.41, 5.74) is 2.66. The van der Waals surface area contributed by atoms with Crippen LogP contribution in [0, 0.1) is 0 Å². The van der Waals surface area contributed by atoms with Gasteiger partial charge in [-0.1, -0.05) is 24.3 Å². The molecule has 3 rings (SSSR count). The maximum absolute atomic E-state index is 12.8. The second-order valence-electron chi connectivity index (χ2n) is 7.40. The van der Waals surface area contributed by atoms with Crippen molar-refractivity contribution in [1.29, 1.82) is 0 Å². The molecule has 0 spiro atoms. The van der Waals surface area contributed by atoms with Gasteiger partial charge in [-0.15, -0.1) is 0 Å². The third kappa shape index (κ3) is 5.20. The number of likely N-dealkylation sites (tertiary alicyclic amines) is 1. The number of alkyl halides is 3. The molecule has 4 nitrogen and oxygen atoms in total. The molecule has 0 atom stereocenters. The minimum atomic E-state index is -4.52. The van der Waals surface area contributed by atoms with E-state index in [1.54, 1.807) is 0 Å². The van der Waals surface area contributed by atoms with E-state index in [1.165, 1.54) is 24.0 Å². The zero-order valence-corrected chi connectivity index (χ0v) is 15.7. The van der Waals surface area contributed by atoms with Crippen molar-refractivity contribution < 1.29 is 21.6 Å². The van der Waals surface area contributed by atoms with E-state index in [0.717, 1.165) is 12.8 Å². The van der Waals surface area contributed by atoms with Gasteiger partial charge >= 0.3 is 6.18 Å². The number of benzene rings is 1. The fraction of sp³-hybridized carbons (Fsp3) is 0.667. The Hall–Kier alpha value is -1.12. The lowest BCUT2D eigenvalue weighted by molar-refractivity contribution is -0.140. The summed E-state index contributed by atoms with van der Waals surface area (Å²) in [7, 11) is -3.89. The highest BCUT2D eigenvalue weighted by molar-refractivity contribution is 7.88. The third-order valence-electron chi connectivity index (χ3n) is 5.19. The highest BCUT2D eigenvalue weighted by Gasteiger charge is 2.39. The van der Waals surface area contributed by atoms with E-state index in [2.05, 4.69) is 17.0 Å². The number of hydrogen-bond donors (Lipinski definition) is 0. The summed E-state index contributed by atoms with van der Waals surface area (Å²) < 4.78 is 62.6. The smallest absolute Gasteiger partial charge is 0.299 e. The van der Waals surface area contributed by atoms with Gasteiger partial charge in [0, 0.05) is 25.7 Å². The standard InChI is InChI=1S/C18H25F3N2O2S/c1-26(24,25)23(13-18(19,20)21)16-8-10-22(11-9-16)12-15-4-2-3-5-17(15)14-6-7-14/h2-5,14,16H,6-13H2,1H3. The highest BCUT2D eigenvalue weighted by atomic mass is 32.2. The average Bonchev–Trinajstić information content (AvgIpc) is 3.37. The summed E-state index contributed by atoms with van der Waals surface area (Å²) in [5.74, 6) is 0.649. The summed E-state index contributed by atoms with van der Waals surface area (Å²) in [6.45, 7) is 0.583. The van der Waals surface area contributed by atoms with Crippen LogP contribution >= 0.6 is 0 Å². The Morgan fingerprint density at radius 1 is 1.12 bits per heavy atom. The first-order valence-corrected chi connectivity index (χ1v) is 10.8. The zero-order valence-electron chi connectivity index (χ0n) is 14.9. The van der Waals surface area contributed by atoms with Crippen molar-refractivity contribution in [3.8, 4) is 0 Å². The Labute approximate surface area is 153 Å². The number of hydrogen-bond acceptors (Lipinski definition) is 3. The quantitative estimate of drug-likeness (QED) is 0.748. The molecule has 146 valence electrons. The van der Waals surface area contributed by atoms with Gasteiger partial charge in [0.1, 0.15) is 6.54 Å². The number of nitrogens with zero attached hydrogens (tertiary/aromatic N) is 2. The summed E-state index contributed by atoms with van der Waals surface area (Å²) in [6.07, 6.45) is -0.371. The van der Waals surface area contributed by atoms with Crippen molar-refractivity contribution >= 4 is 10.0 Å². The second kappa shape index (κ2) is 7.48. The van der Waals surface area contributed by atoms with Crippen LogP contribution < -0.4 is 0 Å². The molecule has 1 aliphatic heterocycles. The van der Waals surface area contributed by atoms with Gasteiger partial charge in [-0.2, -0.15) is 17.5 Å². The third-order valence-corrected chi connectivity index (χ3v) is 6.47. The van der Waals surface area contributed by atoms with Crippen LogP contribution in [0.25, 0.3) is 0 Å². The monoisotopic (exact) mass is 390 g/mol. The van der Waals surface area contributed by atoms with E-state index in [-0.39, 0.29) is 0 Å². The second-order valence-corrected chi connectivity index (χ2v) is 9.34. The van der Waals surface area contributed by atoms with Crippen molar-refractivity contribution in [3.05, 3.63) is 35.4 Å². The van der Waals surface area contributed by atoms with E-state index in [4.69, 9.17) is 0 Å². The predicted octanol–water partition coefficient (Wildman–Crippen LogP) is 3.35. The molecule has 1 heterocycles. The van der Waals surface area contributed by atoms with Crippen LogP contribution in [-0.2, 0) is 16.6 Å². The largest absolute Gasteiger partial charge is 0.402 e. The summed E-state index contributed by atoms with van der Waals surface area (Å²) >= 11 is 0. The molecule has 8 heteroatoms. The maximum Gasteiger partial charge on any atom is 0.402 e. The van der Waals surface area contributed by atoms with Gasteiger partial charge in [0.25, 0.3) is 0 Å². The summed E-state index contributed by atoms with van der Waals surface area (Å²) in [6, 6.07) is 7.76. The molecular formula is C18H25F3N2O2S. The Morgan fingerprint density at radius 2 is 1.73 bits per heavy atom. The van der Waals surface area contributed by atoms with Gasteiger partial charge in [-0.25, -0.2) is 8.42 Å². The molecule has 1 aliphatic carbocycles.